The highest BCUT2D eigenvalue weighted by molar-refractivity contribution is 5.95. The Balaban J connectivity index is 2.07. The summed E-state index contributed by atoms with van der Waals surface area (Å²) in [7, 11) is 0. The second kappa shape index (κ2) is 7.48. The average Bonchev–Trinajstić information content (AvgIpc) is 2.57. The summed E-state index contributed by atoms with van der Waals surface area (Å²) < 4.78 is 0. The van der Waals surface area contributed by atoms with Crippen molar-refractivity contribution in [2.75, 3.05) is 11.5 Å². The highest BCUT2D eigenvalue weighted by Crippen LogP contribution is 2.16. The summed E-state index contributed by atoms with van der Waals surface area (Å²) in [4.78, 5) is 12.0. The number of carbonyl (C=O) groups is 1. The Bertz CT molecular complexity index is 802. The summed E-state index contributed by atoms with van der Waals surface area (Å²) in [6, 6.07) is 15.9. The van der Waals surface area contributed by atoms with E-state index >= 15 is 0 Å². The van der Waals surface area contributed by atoms with Crippen LogP contribution in [0.2, 0.25) is 0 Å². The standard InChI is InChI=1S/C18H16N4O/c19-12-15(22-18(23)14-6-2-1-3-7-14)8-4-5-13-9-10-16(20)17(21)11-13/h1-11H,20-21H2,(H,22,23)/b5-4+,15-8+. The molecule has 1 amide bonds. The van der Waals surface area contributed by atoms with E-state index < -0.39 is 0 Å². The number of amides is 1. The number of carbonyl (C=O) groups excluding carboxylic acids is 1. The number of nitrogens with zero attached hydrogens (tertiary/aromatic N) is 1. The van der Waals surface area contributed by atoms with Crippen molar-refractivity contribution in [1.82, 2.24) is 5.32 Å². The van der Waals surface area contributed by atoms with Crippen LogP contribution in [0.3, 0.4) is 0 Å². The maximum absolute atomic E-state index is 12.0. The average molecular weight is 304 g/mol. The van der Waals surface area contributed by atoms with Crippen molar-refractivity contribution in [2.45, 2.75) is 0 Å². The lowest BCUT2D eigenvalue weighted by molar-refractivity contribution is 0.0967. The Morgan fingerprint density at radius 1 is 1.09 bits per heavy atom. The maximum Gasteiger partial charge on any atom is 0.256 e. The van der Waals surface area contributed by atoms with E-state index in [0.717, 1.165) is 5.56 Å². The first-order chi connectivity index (χ1) is 11.1. The number of nitriles is 1. The van der Waals surface area contributed by atoms with Crippen molar-refractivity contribution < 1.29 is 4.79 Å². The fraction of sp³-hybridized carbons (Fsp3) is 0. The van der Waals surface area contributed by atoms with Gasteiger partial charge in [-0.25, -0.2) is 0 Å². The van der Waals surface area contributed by atoms with Gasteiger partial charge in [-0.05, 0) is 35.9 Å². The van der Waals surface area contributed by atoms with Gasteiger partial charge in [0.2, 0.25) is 0 Å². The van der Waals surface area contributed by atoms with E-state index in [4.69, 9.17) is 16.7 Å². The molecule has 0 fully saturated rings. The minimum absolute atomic E-state index is 0.151. The predicted molar refractivity (Wildman–Crippen MR) is 91.9 cm³/mol. The second-order valence-corrected chi connectivity index (χ2v) is 4.76. The number of hydrogen-bond acceptors (Lipinski definition) is 4. The summed E-state index contributed by atoms with van der Waals surface area (Å²) in [5.41, 5.74) is 13.9. The van der Waals surface area contributed by atoms with Crippen LogP contribution in [-0.2, 0) is 0 Å². The van der Waals surface area contributed by atoms with Crippen molar-refractivity contribution in [3.63, 3.8) is 0 Å². The number of anilines is 2. The largest absolute Gasteiger partial charge is 0.397 e. The van der Waals surface area contributed by atoms with Crippen LogP contribution in [0.1, 0.15) is 15.9 Å². The number of benzene rings is 2. The molecular formula is C18H16N4O. The van der Waals surface area contributed by atoms with Crippen LogP contribution in [-0.4, -0.2) is 5.91 Å². The molecule has 0 bridgehead atoms. The molecule has 5 heteroatoms. The van der Waals surface area contributed by atoms with Crippen LogP contribution in [0, 0.1) is 11.3 Å². The first kappa shape index (κ1) is 15.9. The number of rotatable bonds is 4. The number of nitrogen functional groups attached to an aromatic ring is 2. The molecule has 5 nitrogen and oxygen atoms in total. The van der Waals surface area contributed by atoms with Gasteiger partial charge in [0, 0.05) is 5.56 Å². The van der Waals surface area contributed by atoms with Crippen molar-refractivity contribution in [3.8, 4) is 6.07 Å². The van der Waals surface area contributed by atoms with Crippen LogP contribution in [0.5, 0.6) is 0 Å². The quantitative estimate of drug-likeness (QED) is 0.459. The SMILES string of the molecule is N#C/C(=C\C=C\c1ccc(N)c(N)c1)NC(=O)c1ccccc1. The maximum atomic E-state index is 12.0. The smallest absolute Gasteiger partial charge is 0.256 e. The van der Waals surface area contributed by atoms with E-state index in [1.807, 2.05) is 18.2 Å². The summed E-state index contributed by atoms with van der Waals surface area (Å²) in [6.45, 7) is 0. The first-order valence-corrected chi connectivity index (χ1v) is 6.90. The molecule has 0 aliphatic rings. The van der Waals surface area contributed by atoms with E-state index in [2.05, 4.69) is 5.32 Å². The Hall–Kier alpha value is -3.52. The number of allylic oxidation sites excluding steroid dienone is 3. The third-order valence-corrected chi connectivity index (χ3v) is 3.07. The molecule has 5 N–H and O–H groups in total. The van der Waals surface area contributed by atoms with E-state index in [-0.39, 0.29) is 11.6 Å². The zero-order chi connectivity index (χ0) is 16.7. The van der Waals surface area contributed by atoms with Crippen molar-refractivity contribution in [2.24, 2.45) is 0 Å². The normalized spacial score (nSPS) is 11.2. The van der Waals surface area contributed by atoms with Crippen LogP contribution >= 0.6 is 0 Å². The topological polar surface area (TPSA) is 105 Å². The molecule has 114 valence electrons. The molecule has 0 radical (unpaired) electrons. The van der Waals surface area contributed by atoms with Crippen molar-refractivity contribution in [1.29, 1.82) is 5.26 Å². The summed E-state index contributed by atoms with van der Waals surface area (Å²) >= 11 is 0. The van der Waals surface area contributed by atoms with Gasteiger partial charge in [-0.3, -0.25) is 4.79 Å². The van der Waals surface area contributed by atoms with Gasteiger partial charge in [0.05, 0.1) is 11.4 Å². The van der Waals surface area contributed by atoms with Gasteiger partial charge in [0.25, 0.3) is 5.91 Å². The van der Waals surface area contributed by atoms with Gasteiger partial charge in [0.1, 0.15) is 11.8 Å². The van der Waals surface area contributed by atoms with Gasteiger partial charge in [-0.2, -0.15) is 5.26 Å². The third kappa shape index (κ3) is 4.48. The van der Waals surface area contributed by atoms with Gasteiger partial charge < -0.3 is 16.8 Å². The molecule has 0 spiro atoms. The minimum Gasteiger partial charge on any atom is -0.397 e. The van der Waals surface area contributed by atoms with E-state index in [1.165, 1.54) is 6.08 Å². The fourth-order valence-corrected chi connectivity index (χ4v) is 1.84. The van der Waals surface area contributed by atoms with E-state index in [9.17, 15) is 4.79 Å². The number of hydrogen-bond donors (Lipinski definition) is 3. The molecule has 0 heterocycles. The summed E-state index contributed by atoms with van der Waals surface area (Å²) in [5, 5.41) is 11.7. The van der Waals surface area contributed by atoms with Crippen LogP contribution < -0.4 is 16.8 Å². The van der Waals surface area contributed by atoms with E-state index in [0.29, 0.717) is 16.9 Å². The van der Waals surface area contributed by atoms with Crippen LogP contribution in [0.4, 0.5) is 11.4 Å². The lowest BCUT2D eigenvalue weighted by Gasteiger charge is -2.02. The summed E-state index contributed by atoms with van der Waals surface area (Å²) in [5.74, 6) is -0.330. The molecule has 0 atom stereocenters. The highest BCUT2D eigenvalue weighted by atomic mass is 16.1. The molecular weight excluding hydrogens is 288 g/mol. The second-order valence-electron chi connectivity index (χ2n) is 4.76. The summed E-state index contributed by atoms with van der Waals surface area (Å²) in [6.07, 6.45) is 4.95. The Kier molecular flexibility index (Phi) is 5.16. The van der Waals surface area contributed by atoms with Gasteiger partial charge in [-0.15, -0.1) is 0 Å². The third-order valence-electron chi connectivity index (χ3n) is 3.07. The molecule has 2 rings (SSSR count). The zero-order valence-electron chi connectivity index (χ0n) is 12.4. The molecule has 0 saturated heterocycles. The molecule has 0 unspecified atom stereocenters. The van der Waals surface area contributed by atoms with Gasteiger partial charge in [-0.1, -0.05) is 36.4 Å². The van der Waals surface area contributed by atoms with Gasteiger partial charge >= 0.3 is 0 Å². The minimum atomic E-state index is -0.330. The Morgan fingerprint density at radius 2 is 1.83 bits per heavy atom. The molecule has 0 aliphatic heterocycles. The van der Waals surface area contributed by atoms with Crippen LogP contribution in [0.25, 0.3) is 6.08 Å². The highest BCUT2D eigenvalue weighted by Gasteiger charge is 2.05. The molecule has 0 saturated carbocycles. The van der Waals surface area contributed by atoms with Crippen molar-refractivity contribution in [3.05, 3.63) is 77.5 Å². The van der Waals surface area contributed by atoms with E-state index in [1.54, 1.807) is 48.6 Å². The lowest BCUT2D eigenvalue weighted by Crippen LogP contribution is -2.21. The lowest BCUT2D eigenvalue weighted by atomic mass is 10.1. The monoisotopic (exact) mass is 304 g/mol. The molecule has 2 aromatic carbocycles. The molecule has 0 aliphatic carbocycles. The number of nitrogens with two attached hydrogens (primary N) is 2. The van der Waals surface area contributed by atoms with Crippen molar-refractivity contribution >= 4 is 23.4 Å². The van der Waals surface area contributed by atoms with Gasteiger partial charge in [0.15, 0.2) is 0 Å². The Labute approximate surface area is 134 Å². The first-order valence-electron chi connectivity index (χ1n) is 6.90. The fourth-order valence-electron chi connectivity index (χ4n) is 1.84. The number of nitrogens with one attached hydrogen (secondary N) is 1. The Morgan fingerprint density at radius 3 is 2.48 bits per heavy atom. The molecule has 23 heavy (non-hydrogen) atoms. The molecule has 2 aromatic rings. The predicted octanol–water partition coefficient (Wildman–Crippen LogP) is 2.70. The van der Waals surface area contributed by atoms with Crippen LogP contribution in [0.15, 0.2) is 66.4 Å². The zero-order valence-corrected chi connectivity index (χ0v) is 12.4. The molecule has 0 aromatic heterocycles.